The fraction of sp³-hybridized carbons (Fsp3) is 0.300. The highest BCUT2D eigenvalue weighted by molar-refractivity contribution is 9.11. The first-order valence-electron chi connectivity index (χ1n) is 8.83. The van der Waals surface area contributed by atoms with Gasteiger partial charge in [0, 0.05) is 6.42 Å². The Morgan fingerprint density at radius 1 is 0.867 bits per heavy atom. The molecule has 0 aliphatic rings. The summed E-state index contributed by atoms with van der Waals surface area (Å²) < 4.78 is 11.9. The molecule has 2 unspecified atom stereocenters. The van der Waals surface area contributed by atoms with Crippen LogP contribution in [0.4, 0.5) is 0 Å². The van der Waals surface area contributed by atoms with E-state index in [9.17, 15) is 19.8 Å². The third-order valence-electron chi connectivity index (χ3n) is 4.66. The van der Waals surface area contributed by atoms with Crippen molar-refractivity contribution in [2.75, 3.05) is 0 Å². The highest BCUT2D eigenvalue weighted by Crippen LogP contribution is 2.36. The van der Waals surface area contributed by atoms with Gasteiger partial charge in [-0.25, -0.2) is 0 Å². The summed E-state index contributed by atoms with van der Waals surface area (Å²) in [5, 5.41) is 19.2. The molecule has 0 aliphatic carbocycles. The number of carboxylic acid groups (broad SMARTS) is 2. The number of para-hydroxylation sites is 2. The van der Waals surface area contributed by atoms with Gasteiger partial charge in [-0.2, -0.15) is 0 Å². The van der Waals surface area contributed by atoms with E-state index in [1.807, 2.05) is 12.1 Å². The molecule has 10 heteroatoms. The van der Waals surface area contributed by atoms with Crippen LogP contribution >= 0.6 is 64.4 Å². The van der Waals surface area contributed by atoms with Crippen molar-refractivity contribution in [2.24, 2.45) is 11.8 Å². The minimum absolute atomic E-state index is 0.154. The van der Waals surface area contributed by atoms with Gasteiger partial charge < -0.3 is 17.9 Å². The van der Waals surface area contributed by atoms with Crippen LogP contribution in [-0.2, 0) is 22.4 Å². The van der Waals surface area contributed by atoms with Crippen LogP contribution in [0, 0.1) is 11.8 Å². The maximum absolute atomic E-state index is 12.0. The number of benzene rings is 2. The third kappa shape index (κ3) is 6.96. The van der Waals surface area contributed by atoms with E-state index < -0.39 is 23.8 Å². The Hall–Kier alpha value is -1.10. The third-order valence-corrected chi connectivity index (χ3v) is 6.55. The van der Waals surface area contributed by atoms with Gasteiger partial charge >= 0.3 is 11.9 Å². The summed E-state index contributed by atoms with van der Waals surface area (Å²) in [5.41, 5.74) is 1.48. The van der Waals surface area contributed by atoms with Crippen LogP contribution in [0.1, 0.15) is 24.0 Å². The summed E-state index contributed by atoms with van der Waals surface area (Å²) in [6, 6.07) is 10.8. The molecule has 0 amide bonds. The number of rotatable bonds is 11. The number of halogens is 4. The van der Waals surface area contributed by atoms with E-state index in [0.717, 1.165) is 5.56 Å². The average molecular weight is 674 g/mol. The highest BCUT2D eigenvalue weighted by atomic mass is 79.9. The molecule has 0 aliphatic heterocycles. The lowest BCUT2D eigenvalue weighted by Gasteiger charge is -2.22. The zero-order valence-electron chi connectivity index (χ0n) is 15.5. The molecule has 0 spiro atoms. The van der Waals surface area contributed by atoms with Crippen LogP contribution in [-0.4, -0.2) is 22.2 Å². The molecule has 0 saturated carbocycles. The lowest BCUT2D eigenvalue weighted by Crippen LogP contribution is -2.23. The summed E-state index contributed by atoms with van der Waals surface area (Å²) in [5.74, 6) is -2.11. The van der Waals surface area contributed by atoms with Crippen molar-refractivity contribution in [3.8, 4) is 11.5 Å². The fourth-order valence-electron chi connectivity index (χ4n) is 3.34. The Balaban J connectivity index is 2.28. The van der Waals surface area contributed by atoms with Crippen molar-refractivity contribution < 1.29 is 27.5 Å². The Labute approximate surface area is 208 Å². The van der Waals surface area contributed by atoms with Gasteiger partial charge in [-0.3, -0.25) is 9.59 Å². The minimum Gasteiger partial charge on any atom is -0.481 e. The van der Waals surface area contributed by atoms with Gasteiger partial charge in [0.15, 0.2) is 44.0 Å². The smallest absolute Gasteiger partial charge is 0.306 e. The number of carboxylic acids is 2. The first-order chi connectivity index (χ1) is 14.3. The molecule has 0 aromatic heterocycles. The second-order valence-corrected chi connectivity index (χ2v) is 9.11. The molecule has 0 saturated heterocycles. The molecule has 0 heterocycles. The quantitative estimate of drug-likeness (QED) is 0.281. The van der Waals surface area contributed by atoms with Gasteiger partial charge in [-0.05, 0) is 80.3 Å². The Kier molecular flexibility index (Phi) is 10.1. The maximum atomic E-state index is 12.0. The van der Waals surface area contributed by atoms with Crippen LogP contribution < -0.4 is 7.66 Å². The van der Waals surface area contributed by atoms with E-state index in [1.54, 1.807) is 24.3 Å². The van der Waals surface area contributed by atoms with Crippen molar-refractivity contribution in [3.05, 3.63) is 56.5 Å². The average Bonchev–Trinajstić information content (AvgIpc) is 2.67. The highest BCUT2D eigenvalue weighted by Gasteiger charge is 2.27. The number of carbonyl (C=O) groups is 2. The standard InChI is InChI=1S/C20H18Br4O6/c21-15-5-1-3-12(18(15)29-23)7-11(9-17(25)26)8-14(20(27)28)10-13-4-2-6-16(22)19(13)30-24/h1-6,11,14H,7-10H2,(H,25,26)(H,27,28). The Bertz CT molecular complexity index is 905. The predicted octanol–water partition coefficient (Wildman–Crippen LogP) is 6.56. The zero-order valence-corrected chi connectivity index (χ0v) is 21.8. The summed E-state index contributed by atoms with van der Waals surface area (Å²) in [7, 11) is 0. The van der Waals surface area contributed by atoms with Gasteiger partial charge in [0.1, 0.15) is 0 Å². The van der Waals surface area contributed by atoms with E-state index >= 15 is 0 Å². The molecule has 162 valence electrons. The van der Waals surface area contributed by atoms with Gasteiger partial charge in [-0.1, -0.05) is 24.3 Å². The molecule has 0 fully saturated rings. The lowest BCUT2D eigenvalue weighted by molar-refractivity contribution is -0.144. The Morgan fingerprint density at radius 3 is 1.80 bits per heavy atom. The zero-order chi connectivity index (χ0) is 22.3. The fourth-order valence-corrected chi connectivity index (χ4v) is 5.51. The molecule has 2 atom stereocenters. The van der Waals surface area contributed by atoms with Gasteiger partial charge in [0.25, 0.3) is 0 Å². The molecular weight excluding hydrogens is 656 g/mol. The number of hydrogen-bond acceptors (Lipinski definition) is 4. The number of hydrogen-bond donors (Lipinski definition) is 2. The SMILES string of the molecule is O=C(O)CC(Cc1cccc(Br)c1OBr)CC(Cc1cccc(Br)c1OBr)C(=O)O. The lowest BCUT2D eigenvalue weighted by atomic mass is 9.84. The van der Waals surface area contributed by atoms with Gasteiger partial charge in [0.05, 0.1) is 14.9 Å². The van der Waals surface area contributed by atoms with Crippen LogP contribution in [0.15, 0.2) is 45.3 Å². The minimum atomic E-state index is -0.989. The van der Waals surface area contributed by atoms with Crippen LogP contribution in [0.25, 0.3) is 0 Å². The van der Waals surface area contributed by atoms with Crippen molar-refractivity contribution in [1.82, 2.24) is 0 Å². The van der Waals surface area contributed by atoms with Crippen molar-refractivity contribution >= 4 is 76.3 Å². The van der Waals surface area contributed by atoms with Crippen molar-refractivity contribution in [3.63, 3.8) is 0 Å². The molecule has 2 aromatic rings. The topological polar surface area (TPSA) is 93.1 Å². The largest absolute Gasteiger partial charge is 0.481 e. The second kappa shape index (κ2) is 12.1. The summed E-state index contributed by atoms with van der Waals surface area (Å²) >= 11 is 12.7. The van der Waals surface area contributed by atoms with Crippen molar-refractivity contribution in [1.29, 1.82) is 0 Å². The monoisotopic (exact) mass is 670 g/mol. The van der Waals surface area contributed by atoms with Crippen LogP contribution in [0.3, 0.4) is 0 Å². The van der Waals surface area contributed by atoms with E-state index in [4.69, 9.17) is 7.66 Å². The Morgan fingerprint density at radius 2 is 1.37 bits per heavy atom. The summed E-state index contributed by atoms with van der Waals surface area (Å²) in [6.07, 6.45) is 0.589. The molecule has 0 radical (unpaired) electrons. The van der Waals surface area contributed by atoms with E-state index in [-0.39, 0.29) is 19.3 Å². The maximum Gasteiger partial charge on any atom is 0.306 e. The first kappa shape index (κ1) is 25.2. The normalized spacial score (nSPS) is 12.8. The predicted molar refractivity (Wildman–Crippen MR) is 126 cm³/mol. The van der Waals surface area contributed by atoms with Gasteiger partial charge in [-0.15, -0.1) is 0 Å². The van der Waals surface area contributed by atoms with Crippen LogP contribution in [0.2, 0.25) is 0 Å². The molecular formula is C20H18Br4O6. The van der Waals surface area contributed by atoms with E-state index in [2.05, 4.69) is 64.4 Å². The first-order valence-corrected chi connectivity index (χ1v) is 11.7. The molecule has 2 aromatic carbocycles. The van der Waals surface area contributed by atoms with E-state index in [1.165, 1.54) is 0 Å². The number of aliphatic carboxylic acids is 2. The van der Waals surface area contributed by atoms with E-state index in [0.29, 0.717) is 32.4 Å². The molecule has 2 rings (SSSR count). The second-order valence-electron chi connectivity index (χ2n) is 6.75. The molecule has 2 N–H and O–H groups in total. The van der Waals surface area contributed by atoms with Gasteiger partial charge in [0.2, 0.25) is 0 Å². The summed E-state index contributed by atoms with van der Waals surface area (Å²) in [4.78, 5) is 23.4. The molecule has 30 heavy (non-hydrogen) atoms. The summed E-state index contributed by atoms with van der Waals surface area (Å²) in [6.45, 7) is 0. The molecule has 0 bridgehead atoms. The molecule has 6 nitrogen and oxygen atoms in total. The van der Waals surface area contributed by atoms with Crippen LogP contribution in [0.5, 0.6) is 11.5 Å². The van der Waals surface area contributed by atoms with Crippen molar-refractivity contribution in [2.45, 2.75) is 25.7 Å².